The summed E-state index contributed by atoms with van der Waals surface area (Å²) in [5.74, 6) is -1.76. The van der Waals surface area contributed by atoms with E-state index in [1.807, 2.05) is 0 Å². The van der Waals surface area contributed by atoms with Gasteiger partial charge in [0.2, 0.25) is 0 Å². The molecule has 1 fully saturated rings. The predicted molar refractivity (Wildman–Crippen MR) is 141 cm³/mol. The van der Waals surface area contributed by atoms with Gasteiger partial charge in [-0.15, -0.1) is 0 Å². The van der Waals surface area contributed by atoms with Crippen molar-refractivity contribution in [1.29, 1.82) is 0 Å². The van der Waals surface area contributed by atoms with E-state index in [0.717, 1.165) is 0 Å². The Labute approximate surface area is 242 Å². The van der Waals surface area contributed by atoms with Crippen LogP contribution in [0.15, 0.2) is 46.1 Å². The number of aromatic nitrogens is 2. The summed E-state index contributed by atoms with van der Waals surface area (Å²) in [6.07, 6.45) is -11.1. The topological polar surface area (TPSA) is 184 Å². The van der Waals surface area contributed by atoms with Crippen LogP contribution in [0.2, 0.25) is 0 Å². The molecular weight excluding hydrogens is 606 g/mol. The molecule has 14 nitrogen and oxygen atoms in total. The van der Waals surface area contributed by atoms with Gasteiger partial charge in [0.25, 0.3) is 5.56 Å². The van der Waals surface area contributed by atoms with Crippen molar-refractivity contribution in [3.63, 3.8) is 0 Å². The van der Waals surface area contributed by atoms with Crippen LogP contribution in [0.1, 0.15) is 45.9 Å². The van der Waals surface area contributed by atoms with Crippen molar-refractivity contribution in [2.75, 3.05) is 6.61 Å². The zero-order valence-corrected chi connectivity index (χ0v) is 24.3. The van der Waals surface area contributed by atoms with Crippen molar-refractivity contribution in [1.82, 2.24) is 14.6 Å². The smallest absolute Gasteiger partial charge is 0.459 e. The largest absolute Gasteiger partial charge is 0.460 e. The SMILES string of the molecule is CC(C)OC(=O)[C@H](C)OC(=O)[C@H](C)N[P@](=O)(OC[C@H]1O[C@@H](n2cc(C(F)(F)F)c(=O)[nH]c2=O)C[C@@H]1O)Oc1ccccc1. The van der Waals surface area contributed by atoms with E-state index >= 15 is 0 Å². The van der Waals surface area contributed by atoms with Crippen molar-refractivity contribution in [2.24, 2.45) is 0 Å². The van der Waals surface area contributed by atoms with Crippen LogP contribution in [0.5, 0.6) is 5.75 Å². The van der Waals surface area contributed by atoms with E-state index in [-0.39, 0.29) is 18.4 Å². The van der Waals surface area contributed by atoms with E-state index in [1.54, 1.807) is 37.0 Å². The zero-order valence-electron chi connectivity index (χ0n) is 23.4. The molecule has 3 rings (SSSR count). The van der Waals surface area contributed by atoms with Crippen LogP contribution in [0.3, 0.4) is 0 Å². The van der Waals surface area contributed by atoms with E-state index in [2.05, 4.69) is 5.09 Å². The van der Waals surface area contributed by atoms with Gasteiger partial charge in [-0.05, 0) is 39.8 Å². The molecule has 2 aromatic rings. The van der Waals surface area contributed by atoms with E-state index < -0.39 is 86.0 Å². The number of carbonyl (C=O) groups is 2. The lowest BCUT2D eigenvalue weighted by molar-refractivity contribution is -0.169. The number of ether oxygens (including phenoxy) is 3. The molecule has 0 radical (unpaired) electrons. The molecule has 43 heavy (non-hydrogen) atoms. The maximum Gasteiger partial charge on any atom is 0.459 e. The normalized spacial score (nSPS) is 21.6. The third-order valence-electron chi connectivity index (χ3n) is 5.85. The summed E-state index contributed by atoms with van der Waals surface area (Å²) in [6, 6.07) is 6.27. The van der Waals surface area contributed by atoms with E-state index in [1.165, 1.54) is 26.0 Å². The number of nitrogens with zero attached hydrogens (tertiary/aromatic N) is 1. The lowest BCUT2D eigenvalue weighted by Crippen LogP contribution is -2.39. The number of aliphatic hydroxyl groups is 1. The molecule has 18 heteroatoms. The quantitative estimate of drug-likeness (QED) is 0.228. The van der Waals surface area contributed by atoms with Gasteiger partial charge in [-0.3, -0.25) is 23.7 Å². The number of alkyl halides is 3. The summed E-state index contributed by atoms with van der Waals surface area (Å²) < 4.78 is 80.3. The highest BCUT2D eigenvalue weighted by atomic mass is 31.2. The third-order valence-corrected chi connectivity index (χ3v) is 7.49. The minimum atomic E-state index is -5.07. The molecule has 1 aromatic carbocycles. The number of carbonyl (C=O) groups excluding carboxylic acids is 2. The number of para-hydroxylation sites is 1. The molecule has 6 atom stereocenters. The summed E-state index contributed by atoms with van der Waals surface area (Å²) in [5, 5.41) is 12.9. The van der Waals surface area contributed by atoms with Gasteiger partial charge in [0.15, 0.2) is 6.10 Å². The first-order valence-electron chi connectivity index (χ1n) is 12.9. The Morgan fingerprint density at radius 2 is 1.79 bits per heavy atom. The number of H-pyrrole nitrogens is 1. The van der Waals surface area contributed by atoms with Gasteiger partial charge in [-0.25, -0.2) is 14.2 Å². The first-order valence-corrected chi connectivity index (χ1v) is 14.5. The van der Waals surface area contributed by atoms with Crippen molar-refractivity contribution < 1.29 is 55.7 Å². The van der Waals surface area contributed by atoms with Crippen LogP contribution in [0.25, 0.3) is 0 Å². The molecule has 0 saturated carbocycles. The van der Waals surface area contributed by atoms with Crippen LogP contribution in [-0.2, 0) is 39.1 Å². The number of esters is 2. The van der Waals surface area contributed by atoms with Crippen molar-refractivity contribution in [2.45, 2.75) is 77.0 Å². The molecule has 0 aliphatic carbocycles. The number of aliphatic hydroxyl groups excluding tert-OH is 1. The molecule has 1 saturated heterocycles. The van der Waals surface area contributed by atoms with Gasteiger partial charge < -0.3 is 23.8 Å². The van der Waals surface area contributed by atoms with Crippen LogP contribution in [0, 0.1) is 0 Å². The van der Waals surface area contributed by atoms with Gasteiger partial charge in [0.1, 0.15) is 29.7 Å². The minimum absolute atomic E-state index is 0.0537. The molecule has 2 heterocycles. The van der Waals surface area contributed by atoms with Crippen LogP contribution >= 0.6 is 7.75 Å². The van der Waals surface area contributed by atoms with Crippen molar-refractivity contribution >= 4 is 19.7 Å². The Morgan fingerprint density at radius 1 is 1.14 bits per heavy atom. The monoisotopic (exact) mass is 637 g/mol. The van der Waals surface area contributed by atoms with Crippen LogP contribution in [0.4, 0.5) is 13.2 Å². The average Bonchev–Trinajstić information content (AvgIpc) is 3.26. The Balaban J connectivity index is 1.74. The first-order chi connectivity index (χ1) is 20.0. The van der Waals surface area contributed by atoms with Gasteiger partial charge in [-0.1, -0.05) is 18.2 Å². The summed E-state index contributed by atoms with van der Waals surface area (Å²) >= 11 is 0. The summed E-state index contributed by atoms with van der Waals surface area (Å²) in [6.45, 7) is 5.07. The van der Waals surface area contributed by atoms with Crippen LogP contribution < -0.4 is 20.9 Å². The second kappa shape index (κ2) is 13.9. The fraction of sp³-hybridized carbons (Fsp3) is 0.520. The maximum atomic E-state index is 13.7. The fourth-order valence-corrected chi connectivity index (χ4v) is 5.26. The Bertz CT molecular complexity index is 1450. The van der Waals surface area contributed by atoms with Gasteiger partial charge in [0.05, 0.1) is 18.8 Å². The number of hydrogen-bond acceptors (Lipinski definition) is 11. The van der Waals surface area contributed by atoms with E-state index in [0.29, 0.717) is 4.57 Å². The number of halogens is 3. The maximum absolute atomic E-state index is 13.7. The molecule has 1 aromatic heterocycles. The molecule has 0 spiro atoms. The molecule has 1 aliphatic rings. The number of hydrogen-bond donors (Lipinski definition) is 3. The van der Waals surface area contributed by atoms with Crippen molar-refractivity contribution in [3.05, 3.63) is 62.9 Å². The molecule has 0 amide bonds. The summed E-state index contributed by atoms with van der Waals surface area (Å²) in [4.78, 5) is 50.0. The average molecular weight is 638 g/mol. The lowest BCUT2D eigenvalue weighted by atomic mass is 10.2. The minimum Gasteiger partial charge on any atom is -0.460 e. The highest BCUT2D eigenvalue weighted by Crippen LogP contribution is 2.46. The van der Waals surface area contributed by atoms with Gasteiger partial charge in [-0.2, -0.15) is 18.3 Å². The number of rotatable bonds is 12. The van der Waals surface area contributed by atoms with Crippen LogP contribution in [-0.4, -0.2) is 63.7 Å². The fourth-order valence-electron chi connectivity index (χ4n) is 3.76. The zero-order chi connectivity index (χ0) is 32.1. The second-order valence-electron chi connectivity index (χ2n) is 9.75. The third kappa shape index (κ3) is 9.24. The Morgan fingerprint density at radius 3 is 2.40 bits per heavy atom. The molecular formula is C25H31F3N3O11P. The highest BCUT2D eigenvalue weighted by molar-refractivity contribution is 7.52. The van der Waals surface area contributed by atoms with E-state index in [4.69, 9.17) is 23.3 Å². The van der Waals surface area contributed by atoms with E-state index in [9.17, 15) is 42.0 Å². The molecule has 0 bridgehead atoms. The number of benzene rings is 1. The molecule has 0 unspecified atom stereocenters. The first kappa shape index (κ1) is 34.0. The highest BCUT2D eigenvalue weighted by Gasteiger charge is 2.41. The summed E-state index contributed by atoms with van der Waals surface area (Å²) in [5.41, 5.74) is -4.51. The summed E-state index contributed by atoms with van der Waals surface area (Å²) in [7, 11) is -4.48. The number of aromatic amines is 1. The Hall–Kier alpha value is -3.50. The molecule has 238 valence electrons. The van der Waals surface area contributed by atoms with Gasteiger partial charge >= 0.3 is 31.6 Å². The molecule has 1 aliphatic heterocycles. The van der Waals surface area contributed by atoms with Crippen molar-refractivity contribution in [3.8, 4) is 5.75 Å². The lowest BCUT2D eigenvalue weighted by Gasteiger charge is -2.25. The van der Waals surface area contributed by atoms with Gasteiger partial charge in [0, 0.05) is 12.6 Å². The standard InChI is InChI=1S/C25H31F3N3O11P/c1-13(2)39-23(35)15(4)40-22(34)14(3)30-43(37,42-16-8-6-5-7-9-16)38-12-19-18(32)10-20(41-19)31-11-17(25(26,27)28)21(33)29-24(31)36/h5-9,11,13-15,18-20,32H,10,12H2,1-4H3,(H,30,37)(H,29,33,36)/t14-,15-,18-,19+,20+,43-/m0/s1. The predicted octanol–water partition coefficient (Wildman–Crippen LogP) is 2.27. The molecule has 3 N–H and O–H groups in total. The number of nitrogens with one attached hydrogen (secondary N) is 2. The Kier molecular flexibility index (Phi) is 11.0. The second-order valence-corrected chi connectivity index (χ2v) is 11.4.